The van der Waals surface area contributed by atoms with E-state index in [2.05, 4.69) is 30.2 Å². The summed E-state index contributed by atoms with van der Waals surface area (Å²) in [5, 5.41) is 5.44. The first kappa shape index (κ1) is 11.8. The van der Waals surface area contributed by atoms with E-state index in [1.165, 1.54) is 22.9 Å². The highest BCUT2D eigenvalue weighted by Crippen LogP contribution is 2.15. The van der Waals surface area contributed by atoms with Crippen LogP contribution >= 0.6 is 0 Å². The van der Waals surface area contributed by atoms with Crippen molar-refractivity contribution < 1.29 is 0 Å². The Bertz CT molecular complexity index is 415. The van der Waals surface area contributed by atoms with Crippen molar-refractivity contribution in [1.82, 2.24) is 9.78 Å². The second-order valence-corrected chi connectivity index (χ2v) is 3.41. The topological polar surface area (TPSA) is 17.8 Å². The van der Waals surface area contributed by atoms with Crippen molar-refractivity contribution in [3.8, 4) is 0 Å². The number of benzene rings is 1. The molecule has 1 aromatic heterocycles. The van der Waals surface area contributed by atoms with Crippen LogP contribution in [0.1, 0.15) is 32.8 Å². The smallest absolute Gasteiger partial charge is 0.0681 e. The molecule has 0 unspecified atom stereocenters. The van der Waals surface area contributed by atoms with Crippen LogP contribution in [0.25, 0.3) is 10.9 Å². The predicted molar refractivity (Wildman–Crippen MR) is 66.1 cm³/mol. The number of aromatic nitrogens is 2. The van der Waals surface area contributed by atoms with Gasteiger partial charge in [0.15, 0.2) is 0 Å². The Kier molecular flexibility index (Phi) is 4.35. The van der Waals surface area contributed by atoms with E-state index < -0.39 is 0 Å². The number of rotatable bonds is 2. The standard InChI is InChI=1S/C11H14N2.C2H6/c1-3-4-9-5-6-10-8-12-13(2)11(10)7-9;1-2/h5-8H,3-4H2,1-2H3;1-2H3. The van der Waals surface area contributed by atoms with Gasteiger partial charge in [0.2, 0.25) is 0 Å². The fourth-order valence-electron chi connectivity index (χ4n) is 1.63. The molecule has 1 heterocycles. The molecule has 0 atom stereocenters. The molecule has 2 aromatic rings. The molecule has 0 saturated heterocycles. The van der Waals surface area contributed by atoms with Gasteiger partial charge in [-0.05, 0) is 18.1 Å². The van der Waals surface area contributed by atoms with Crippen LogP contribution in [0.4, 0.5) is 0 Å². The Hall–Kier alpha value is -1.31. The molecular weight excluding hydrogens is 184 g/mol. The molecule has 2 rings (SSSR count). The fraction of sp³-hybridized carbons (Fsp3) is 0.462. The lowest BCUT2D eigenvalue weighted by atomic mass is 10.1. The molecule has 82 valence electrons. The SMILES string of the molecule is CC.CCCc1ccc2cnn(C)c2c1. The Labute approximate surface area is 91.9 Å². The number of aryl methyl sites for hydroxylation is 2. The molecule has 0 saturated carbocycles. The van der Waals surface area contributed by atoms with Gasteiger partial charge in [0.05, 0.1) is 11.7 Å². The second kappa shape index (κ2) is 5.54. The first-order valence-electron chi connectivity index (χ1n) is 5.72. The van der Waals surface area contributed by atoms with Crippen LogP contribution in [0.2, 0.25) is 0 Å². The Morgan fingerprint density at radius 2 is 2.00 bits per heavy atom. The molecule has 0 aliphatic rings. The third-order valence-electron chi connectivity index (χ3n) is 2.35. The van der Waals surface area contributed by atoms with Crippen molar-refractivity contribution in [2.45, 2.75) is 33.6 Å². The summed E-state index contributed by atoms with van der Waals surface area (Å²) < 4.78 is 1.93. The van der Waals surface area contributed by atoms with Gasteiger partial charge in [-0.2, -0.15) is 5.10 Å². The van der Waals surface area contributed by atoms with Gasteiger partial charge < -0.3 is 0 Å². The maximum Gasteiger partial charge on any atom is 0.0681 e. The van der Waals surface area contributed by atoms with Crippen LogP contribution in [-0.4, -0.2) is 9.78 Å². The predicted octanol–water partition coefficient (Wildman–Crippen LogP) is 3.55. The molecule has 2 nitrogen and oxygen atoms in total. The molecule has 0 aliphatic heterocycles. The van der Waals surface area contributed by atoms with E-state index in [0.29, 0.717) is 0 Å². The second-order valence-electron chi connectivity index (χ2n) is 3.41. The van der Waals surface area contributed by atoms with Crippen LogP contribution in [0.5, 0.6) is 0 Å². The zero-order valence-electron chi connectivity index (χ0n) is 10.1. The van der Waals surface area contributed by atoms with E-state index in [1.54, 1.807) is 0 Å². The minimum Gasteiger partial charge on any atom is -0.268 e. The number of hydrogen-bond donors (Lipinski definition) is 0. The third-order valence-corrected chi connectivity index (χ3v) is 2.35. The molecule has 0 N–H and O–H groups in total. The van der Waals surface area contributed by atoms with Crippen LogP contribution in [0.3, 0.4) is 0 Å². The quantitative estimate of drug-likeness (QED) is 0.731. The highest BCUT2D eigenvalue weighted by atomic mass is 15.2. The highest BCUT2D eigenvalue weighted by molar-refractivity contribution is 5.79. The summed E-state index contributed by atoms with van der Waals surface area (Å²) >= 11 is 0. The average molecular weight is 204 g/mol. The first-order chi connectivity index (χ1) is 7.31. The molecule has 0 amide bonds. The van der Waals surface area contributed by atoms with E-state index >= 15 is 0 Å². The van der Waals surface area contributed by atoms with Gasteiger partial charge in [0.25, 0.3) is 0 Å². The van der Waals surface area contributed by atoms with Crippen LogP contribution < -0.4 is 0 Å². The Balaban J connectivity index is 0.000000531. The van der Waals surface area contributed by atoms with Gasteiger partial charge in [-0.15, -0.1) is 0 Å². The van der Waals surface area contributed by atoms with Crippen molar-refractivity contribution in [2.24, 2.45) is 7.05 Å². The normalized spacial score (nSPS) is 9.87. The maximum absolute atomic E-state index is 4.21. The van der Waals surface area contributed by atoms with Gasteiger partial charge in [-0.25, -0.2) is 0 Å². The Morgan fingerprint density at radius 3 is 2.67 bits per heavy atom. The summed E-state index contributed by atoms with van der Waals surface area (Å²) in [6.45, 7) is 6.20. The van der Waals surface area contributed by atoms with Crippen LogP contribution in [0.15, 0.2) is 24.4 Å². The lowest BCUT2D eigenvalue weighted by molar-refractivity contribution is 0.795. The molecule has 1 aromatic carbocycles. The lowest BCUT2D eigenvalue weighted by Gasteiger charge is -1.99. The summed E-state index contributed by atoms with van der Waals surface area (Å²) in [5.41, 5.74) is 2.63. The van der Waals surface area contributed by atoms with Gasteiger partial charge in [0, 0.05) is 12.4 Å². The minimum atomic E-state index is 1.15. The molecule has 0 spiro atoms. The molecule has 2 heteroatoms. The van der Waals surface area contributed by atoms with Gasteiger partial charge in [0.1, 0.15) is 0 Å². The third kappa shape index (κ3) is 2.58. The average Bonchev–Trinajstić information content (AvgIpc) is 2.64. The summed E-state index contributed by atoms with van der Waals surface area (Å²) in [6.07, 6.45) is 4.26. The van der Waals surface area contributed by atoms with E-state index in [-0.39, 0.29) is 0 Å². The number of fused-ring (bicyclic) bond motifs is 1. The van der Waals surface area contributed by atoms with Gasteiger partial charge in [-0.3, -0.25) is 4.68 Å². The van der Waals surface area contributed by atoms with E-state index in [1.807, 2.05) is 31.8 Å². The number of nitrogens with zero attached hydrogens (tertiary/aromatic N) is 2. The lowest BCUT2D eigenvalue weighted by Crippen LogP contribution is -1.90. The van der Waals surface area contributed by atoms with Crippen molar-refractivity contribution in [1.29, 1.82) is 0 Å². The first-order valence-corrected chi connectivity index (χ1v) is 5.72. The zero-order valence-corrected chi connectivity index (χ0v) is 10.1. The molecular formula is C13H20N2. The summed E-state index contributed by atoms with van der Waals surface area (Å²) in [4.78, 5) is 0. The monoisotopic (exact) mass is 204 g/mol. The fourth-order valence-corrected chi connectivity index (χ4v) is 1.63. The van der Waals surface area contributed by atoms with Crippen LogP contribution in [0, 0.1) is 0 Å². The Morgan fingerprint density at radius 1 is 1.27 bits per heavy atom. The highest BCUT2D eigenvalue weighted by Gasteiger charge is 1.99. The van der Waals surface area contributed by atoms with Crippen molar-refractivity contribution >= 4 is 10.9 Å². The molecule has 0 aliphatic carbocycles. The summed E-state index contributed by atoms with van der Waals surface area (Å²) in [7, 11) is 1.98. The molecule has 0 radical (unpaired) electrons. The maximum atomic E-state index is 4.21. The molecule has 0 bridgehead atoms. The van der Waals surface area contributed by atoms with Crippen molar-refractivity contribution in [3.63, 3.8) is 0 Å². The summed E-state index contributed by atoms with van der Waals surface area (Å²) in [6, 6.07) is 6.56. The molecule has 15 heavy (non-hydrogen) atoms. The van der Waals surface area contributed by atoms with Crippen LogP contribution in [-0.2, 0) is 13.5 Å². The van der Waals surface area contributed by atoms with E-state index in [4.69, 9.17) is 0 Å². The molecule has 0 fully saturated rings. The van der Waals surface area contributed by atoms with E-state index in [9.17, 15) is 0 Å². The van der Waals surface area contributed by atoms with Gasteiger partial charge >= 0.3 is 0 Å². The summed E-state index contributed by atoms with van der Waals surface area (Å²) in [5.74, 6) is 0. The largest absolute Gasteiger partial charge is 0.268 e. The van der Waals surface area contributed by atoms with Gasteiger partial charge in [-0.1, -0.05) is 39.3 Å². The van der Waals surface area contributed by atoms with E-state index in [0.717, 1.165) is 6.42 Å². The minimum absolute atomic E-state index is 1.15. The van der Waals surface area contributed by atoms with Crippen molar-refractivity contribution in [3.05, 3.63) is 30.0 Å². The zero-order chi connectivity index (χ0) is 11.3. The number of hydrogen-bond acceptors (Lipinski definition) is 1. The van der Waals surface area contributed by atoms with Crippen molar-refractivity contribution in [2.75, 3.05) is 0 Å².